The number of hydrogen-bond donors (Lipinski definition) is 0. The number of thiazole rings is 1. The minimum Gasteiger partial charge on any atom is -0.494 e. The Bertz CT molecular complexity index is 944. The molecule has 26 heavy (non-hydrogen) atoms. The fraction of sp³-hybridized carbons (Fsp3) is 0.150. The van der Waals surface area contributed by atoms with Gasteiger partial charge in [-0.2, -0.15) is 0 Å². The summed E-state index contributed by atoms with van der Waals surface area (Å²) < 4.78 is 5.45. The normalized spacial score (nSPS) is 13.2. The Morgan fingerprint density at radius 1 is 1.00 bits per heavy atom. The highest BCUT2D eigenvalue weighted by molar-refractivity contribution is 7.13. The molecule has 0 atom stereocenters. The standard InChI is InChI=1S/C20H16N2O3S/c1-2-25-15-9-7-13(8-10-15)18-21-14(12-26-18)11-22-19(23)16-5-3-4-6-17(16)20(22)24/h3-10,12H,2,11H2,1H3. The second-order valence-corrected chi connectivity index (χ2v) is 6.70. The van der Waals surface area contributed by atoms with Crippen LogP contribution in [0.3, 0.4) is 0 Å². The molecule has 0 unspecified atom stereocenters. The number of carbonyl (C=O) groups is 2. The van der Waals surface area contributed by atoms with Crippen LogP contribution in [0.25, 0.3) is 10.6 Å². The minimum atomic E-state index is -0.263. The summed E-state index contributed by atoms with van der Waals surface area (Å²) in [6.07, 6.45) is 0. The zero-order valence-corrected chi connectivity index (χ0v) is 15.0. The topological polar surface area (TPSA) is 59.5 Å². The summed E-state index contributed by atoms with van der Waals surface area (Å²) in [5.74, 6) is 0.293. The smallest absolute Gasteiger partial charge is 0.261 e. The van der Waals surface area contributed by atoms with Gasteiger partial charge in [0, 0.05) is 10.9 Å². The van der Waals surface area contributed by atoms with Crippen molar-refractivity contribution in [3.63, 3.8) is 0 Å². The fourth-order valence-electron chi connectivity index (χ4n) is 2.92. The molecule has 0 aliphatic carbocycles. The Balaban J connectivity index is 1.53. The van der Waals surface area contributed by atoms with Crippen molar-refractivity contribution < 1.29 is 14.3 Å². The van der Waals surface area contributed by atoms with Gasteiger partial charge in [0.15, 0.2) is 0 Å². The number of nitrogens with zero attached hydrogens (tertiary/aromatic N) is 2. The first-order chi connectivity index (χ1) is 12.7. The third-order valence-corrected chi connectivity index (χ3v) is 5.10. The molecule has 0 saturated carbocycles. The third kappa shape index (κ3) is 2.88. The zero-order valence-electron chi connectivity index (χ0n) is 14.1. The van der Waals surface area contributed by atoms with Crippen molar-refractivity contribution in [2.75, 3.05) is 6.61 Å². The molecule has 2 aromatic carbocycles. The summed E-state index contributed by atoms with van der Waals surface area (Å²) in [6.45, 7) is 2.75. The number of fused-ring (bicyclic) bond motifs is 1. The molecular formula is C20H16N2O3S. The minimum absolute atomic E-state index is 0.180. The van der Waals surface area contributed by atoms with Crippen LogP contribution in [-0.2, 0) is 6.54 Å². The van der Waals surface area contributed by atoms with Gasteiger partial charge in [-0.3, -0.25) is 14.5 Å². The Hall–Kier alpha value is -2.99. The van der Waals surface area contributed by atoms with Gasteiger partial charge < -0.3 is 4.74 Å². The molecule has 0 N–H and O–H groups in total. The monoisotopic (exact) mass is 364 g/mol. The van der Waals surface area contributed by atoms with E-state index < -0.39 is 0 Å². The maximum Gasteiger partial charge on any atom is 0.261 e. The summed E-state index contributed by atoms with van der Waals surface area (Å²) >= 11 is 1.49. The lowest BCUT2D eigenvalue weighted by atomic mass is 10.1. The molecule has 1 aliphatic rings. The van der Waals surface area contributed by atoms with Crippen molar-refractivity contribution in [3.05, 3.63) is 70.7 Å². The quantitative estimate of drug-likeness (QED) is 0.642. The molecule has 0 radical (unpaired) electrons. The molecule has 2 amide bonds. The number of ether oxygens (including phenoxy) is 1. The molecule has 0 saturated heterocycles. The van der Waals surface area contributed by atoms with Crippen LogP contribution in [0.2, 0.25) is 0 Å². The highest BCUT2D eigenvalue weighted by atomic mass is 32.1. The lowest BCUT2D eigenvalue weighted by Gasteiger charge is -2.11. The molecule has 5 nitrogen and oxygen atoms in total. The Morgan fingerprint density at radius 2 is 1.65 bits per heavy atom. The molecule has 0 bridgehead atoms. The molecule has 3 aromatic rings. The average molecular weight is 364 g/mol. The summed E-state index contributed by atoms with van der Waals surface area (Å²) in [5, 5.41) is 2.73. The van der Waals surface area contributed by atoms with E-state index >= 15 is 0 Å². The number of hydrogen-bond acceptors (Lipinski definition) is 5. The van der Waals surface area contributed by atoms with E-state index in [9.17, 15) is 9.59 Å². The lowest BCUT2D eigenvalue weighted by molar-refractivity contribution is 0.0640. The molecule has 0 spiro atoms. The number of rotatable bonds is 5. The number of carbonyl (C=O) groups excluding carboxylic acids is 2. The predicted octanol–water partition coefficient (Wildman–Crippen LogP) is 4.01. The molecule has 0 fully saturated rings. The van der Waals surface area contributed by atoms with Gasteiger partial charge in [0.25, 0.3) is 11.8 Å². The highest BCUT2D eigenvalue weighted by Gasteiger charge is 2.35. The van der Waals surface area contributed by atoms with Crippen molar-refractivity contribution in [1.82, 2.24) is 9.88 Å². The van der Waals surface area contributed by atoms with E-state index in [2.05, 4.69) is 4.98 Å². The average Bonchev–Trinajstić information content (AvgIpc) is 3.23. The Kier molecular flexibility index (Phi) is 4.26. The Labute approximate surface area is 154 Å². The SMILES string of the molecule is CCOc1ccc(-c2nc(CN3C(=O)c4ccccc4C3=O)cs2)cc1. The summed E-state index contributed by atoms with van der Waals surface area (Å²) in [7, 11) is 0. The molecule has 2 heterocycles. The van der Waals surface area contributed by atoms with Crippen molar-refractivity contribution in [1.29, 1.82) is 0 Å². The second-order valence-electron chi connectivity index (χ2n) is 5.84. The van der Waals surface area contributed by atoms with Crippen molar-refractivity contribution >= 4 is 23.2 Å². The van der Waals surface area contributed by atoms with Gasteiger partial charge >= 0.3 is 0 Å². The third-order valence-electron chi connectivity index (χ3n) is 4.16. The van der Waals surface area contributed by atoms with E-state index in [-0.39, 0.29) is 18.4 Å². The first-order valence-electron chi connectivity index (χ1n) is 8.30. The van der Waals surface area contributed by atoms with Crippen LogP contribution in [-0.4, -0.2) is 28.3 Å². The maximum absolute atomic E-state index is 12.5. The van der Waals surface area contributed by atoms with Gasteiger partial charge in [-0.05, 0) is 43.3 Å². The maximum atomic E-state index is 12.5. The van der Waals surface area contributed by atoms with Gasteiger partial charge in [0.05, 0.1) is 30.0 Å². The molecule has 1 aromatic heterocycles. The van der Waals surface area contributed by atoms with Gasteiger partial charge in [0.2, 0.25) is 0 Å². The van der Waals surface area contributed by atoms with Gasteiger partial charge in [-0.25, -0.2) is 4.98 Å². The molecular weight excluding hydrogens is 348 g/mol. The first-order valence-corrected chi connectivity index (χ1v) is 9.18. The van der Waals surface area contributed by atoms with Crippen LogP contribution in [0.5, 0.6) is 5.75 Å². The van der Waals surface area contributed by atoms with Crippen molar-refractivity contribution in [3.8, 4) is 16.3 Å². The lowest BCUT2D eigenvalue weighted by Crippen LogP contribution is -2.29. The number of aromatic nitrogens is 1. The van der Waals surface area contributed by atoms with Crippen molar-refractivity contribution in [2.45, 2.75) is 13.5 Å². The molecule has 1 aliphatic heterocycles. The van der Waals surface area contributed by atoms with Crippen LogP contribution in [0.15, 0.2) is 53.9 Å². The molecule has 6 heteroatoms. The van der Waals surface area contributed by atoms with Gasteiger partial charge in [-0.15, -0.1) is 11.3 Å². The molecule has 130 valence electrons. The van der Waals surface area contributed by atoms with Crippen molar-refractivity contribution in [2.24, 2.45) is 0 Å². The van der Waals surface area contributed by atoms with E-state index in [1.54, 1.807) is 24.3 Å². The largest absolute Gasteiger partial charge is 0.494 e. The predicted molar refractivity (Wildman–Crippen MR) is 99.4 cm³/mol. The number of benzene rings is 2. The molecule has 4 rings (SSSR count). The Morgan fingerprint density at radius 3 is 2.27 bits per heavy atom. The van der Waals surface area contributed by atoms with E-state index in [0.29, 0.717) is 23.4 Å². The number of amides is 2. The van der Waals surface area contributed by atoms with E-state index in [1.165, 1.54) is 16.2 Å². The second kappa shape index (κ2) is 6.72. The summed E-state index contributed by atoms with van der Waals surface area (Å²) in [5.41, 5.74) is 2.60. The van der Waals surface area contributed by atoms with Crippen LogP contribution in [0, 0.1) is 0 Å². The summed E-state index contributed by atoms with van der Waals surface area (Å²) in [4.78, 5) is 30.7. The van der Waals surface area contributed by atoms with Crippen LogP contribution in [0.4, 0.5) is 0 Å². The van der Waals surface area contributed by atoms with Gasteiger partial charge in [-0.1, -0.05) is 12.1 Å². The fourth-order valence-corrected chi connectivity index (χ4v) is 3.73. The van der Waals surface area contributed by atoms with E-state index in [1.807, 2.05) is 36.6 Å². The van der Waals surface area contributed by atoms with Crippen LogP contribution < -0.4 is 4.74 Å². The number of imide groups is 1. The highest BCUT2D eigenvalue weighted by Crippen LogP contribution is 2.28. The van der Waals surface area contributed by atoms with Gasteiger partial charge in [0.1, 0.15) is 10.8 Å². The first kappa shape index (κ1) is 16.5. The van der Waals surface area contributed by atoms with Crippen LogP contribution >= 0.6 is 11.3 Å². The summed E-state index contributed by atoms with van der Waals surface area (Å²) in [6, 6.07) is 14.6. The van der Waals surface area contributed by atoms with Crippen LogP contribution in [0.1, 0.15) is 33.3 Å². The van der Waals surface area contributed by atoms with E-state index in [0.717, 1.165) is 16.3 Å². The zero-order chi connectivity index (χ0) is 18.1. The van der Waals surface area contributed by atoms with E-state index in [4.69, 9.17) is 4.74 Å².